The van der Waals surface area contributed by atoms with Crippen LogP contribution in [0.1, 0.15) is 41.6 Å². The molecule has 7 nitrogen and oxygen atoms in total. The van der Waals surface area contributed by atoms with Crippen molar-refractivity contribution in [3.8, 4) is 5.75 Å². The van der Waals surface area contributed by atoms with Crippen molar-refractivity contribution in [3.05, 3.63) is 65.7 Å². The predicted octanol–water partition coefficient (Wildman–Crippen LogP) is 4.63. The van der Waals surface area contributed by atoms with Crippen molar-refractivity contribution in [1.82, 2.24) is 19.7 Å². The number of amides is 1. The van der Waals surface area contributed by atoms with Gasteiger partial charge >= 0.3 is 0 Å². The van der Waals surface area contributed by atoms with Crippen LogP contribution in [0.3, 0.4) is 0 Å². The Morgan fingerprint density at radius 2 is 2.03 bits per heavy atom. The average Bonchev–Trinajstić information content (AvgIpc) is 3.41. The highest BCUT2D eigenvalue weighted by atomic mass is 32.1. The zero-order valence-corrected chi connectivity index (χ0v) is 18.2. The Bertz CT molecular complexity index is 1180. The zero-order chi connectivity index (χ0) is 21.3. The summed E-state index contributed by atoms with van der Waals surface area (Å²) in [6.45, 7) is 6.34. The monoisotopic (exact) mass is 421 g/mol. The lowest BCUT2D eigenvalue weighted by Crippen LogP contribution is -2.32. The van der Waals surface area contributed by atoms with Crippen molar-refractivity contribution in [2.75, 3.05) is 12.0 Å². The first-order valence-corrected chi connectivity index (χ1v) is 10.5. The SMILES string of the molecule is COc1ccc(C)c2sc(N(Cc3ccccn3)C(=O)c3ccnn3C(C)C)nc12. The summed E-state index contributed by atoms with van der Waals surface area (Å²) in [7, 11) is 1.63. The normalized spacial score (nSPS) is 11.2. The summed E-state index contributed by atoms with van der Waals surface area (Å²) in [6.07, 6.45) is 3.37. The van der Waals surface area contributed by atoms with Crippen LogP contribution in [0.2, 0.25) is 0 Å². The third kappa shape index (κ3) is 3.66. The standard InChI is InChI=1S/C22H23N5O2S/c1-14(2)27-17(10-12-24-27)21(28)26(13-16-7-5-6-11-23-16)22-25-19-18(29-4)9-8-15(3)20(19)30-22/h5-12,14H,13H2,1-4H3. The van der Waals surface area contributed by atoms with Gasteiger partial charge in [0.25, 0.3) is 5.91 Å². The summed E-state index contributed by atoms with van der Waals surface area (Å²) < 4.78 is 8.22. The largest absolute Gasteiger partial charge is 0.494 e. The van der Waals surface area contributed by atoms with E-state index in [1.54, 1.807) is 35.2 Å². The van der Waals surface area contributed by atoms with E-state index < -0.39 is 0 Å². The van der Waals surface area contributed by atoms with E-state index in [0.717, 1.165) is 21.5 Å². The van der Waals surface area contributed by atoms with Crippen LogP contribution >= 0.6 is 11.3 Å². The molecule has 1 amide bonds. The number of rotatable bonds is 6. The van der Waals surface area contributed by atoms with Crippen molar-refractivity contribution in [2.24, 2.45) is 0 Å². The smallest absolute Gasteiger partial charge is 0.278 e. The van der Waals surface area contributed by atoms with Gasteiger partial charge in [-0.05, 0) is 50.6 Å². The molecule has 1 aromatic carbocycles. The molecule has 0 N–H and O–H groups in total. The summed E-state index contributed by atoms with van der Waals surface area (Å²) in [5, 5.41) is 4.92. The van der Waals surface area contributed by atoms with E-state index in [2.05, 4.69) is 10.1 Å². The minimum absolute atomic E-state index is 0.0633. The van der Waals surface area contributed by atoms with Gasteiger partial charge in [0.1, 0.15) is 17.0 Å². The quantitative estimate of drug-likeness (QED) is 0.454. The summed E-state index contributed by atoms with van der Waals surface area (Å²) in [4.78, 5) is 24.5. The number of fused-ring (bicyclic) bond motifs is 1. The molecule has 0 unspecified atom stereocenters. The molecule has 30 heavy (non-hydrogen) atoms. The second-order valence-corrected chi connectivity index (χ2v) is 8.20. The van der Waals surface area contributed by atoms with Gasteiger partial charge in [-0.2, -0.15) is 5.10 Å². The van der Waals surface area contributed by atoms with Gasteiger partial charge in [-0.25, -0.2) is 4.98 Å². The van der Waals surface area contributed by atoms with Gasteiger partial charge in [0.2, 0.25) is 0 Å². The molecule has 0 saturated heterocycles. The van der Waals surface area contributed by atoms with Gasteiger partial charge < -0.3 is 4.74 Å². The number of aryl methyl sites for hydroxylation is 1. The summed E-state index contributed by atoms with van der Waals surface area (Å²) in [5.74, 6) is 0.526. The van der Waals surface area contributed by atoms with Crippen LogP contribution < -0.4 is 9.64 Å². The lowest BCUT2D eigenvalue weighted by Gasteiger charge is -2.21. The van der Waals surface area contributed by atoms with Crippen LogP contribution in [0.5, 0.6) is 5.75 Å². The molecule has 4 aromatic rings. The molecule has 0 aliphatic rings. The molecule has 0 spiro atoms. The fourth-order valence-corrected chi connectivity index (χ4v) is 4.34. The van der Waals surface area contributed by atoms with E-state index >= 15 is 0 Å². The molecular weight excluding hydrogens is 398 g/mol. The van der Waals surface area contributed by atoms with Crippen molar-refractivity contribution in [1.29, 1.82) is 0 Å². The highest BCUT2D eigenvalue weighted by Crippen LogP contribution is 2.37. The van der Waals surface area contributed by atoms with Gasteiger partial charge in [0, 0.05) is 18.4 Å². The Hall–Kier alpha value is -3.26. The van der Waals surface area contributed by atoms with E-state index in [1.165, 1.54) is 11.3 Å². The number of thiazole rings is 1. The van der Waals surface area contributed by atoms with Crippen LogP contribution in [0.15, 0.2) is 48.8 Å². The first-order chi connectivity index (χ1) is 14.5. The maximum absolute atomic E-state index is 13.6. The van der Waals surface area contributed by atoms with Gasteiger partial charge in [-0.15, -0.1) is 0 Å². The molecule has 4 rings (SSSR count). The van der Waals surface area contributed by atoms with Crippen molar-refractivity contribution in [2.45, 2.75) is 33.4 Å². The van der Waals surface area contributed by atoms with Gasteiger partial charge in [0.05, 0.1) is 24.0 Å². The summed E-state index contributed by atoms with van der Waals surface area (Å²) >= 11 is 1.48. The van der Waals surface area contributed by atoms with E-state index in [9.17, 15) is 4.79 Å². The Kier molecular flexibility index (Phi) is 5.50. The average molecular weight is 422 g/mol. The first kappa shape index (κ1) is 20.0. The minimum atomic E-state index is -0.164. The fraction of sp³-hybridized carbons (Fsp3) is 0.273. The van der Waals surface area contributed by atoms with Crippen LogP contribution in [0.25, 0.3) is 10.2 Å². The lowest BCUT2D eigenvalue weighted by atomic mass is 10.2. The minimum Gasteiger partial charge on any atom is -0.494 e. The van der Waals surface area contributed by atoms with Gasteiger partial charge in [-0.1, -0.05) is 23.5 Å². The van der Waals surface area contributed by atoms with Crippen LogP contribution in [-0.4, -0.2) is 32.8 Å². The third-order valence-electron chi connectivity index (χ3n) is 4.81. The maximum Gasteiger partial charge on any atom is 0.278 e. The second kappa shape index (κ2) is 8.23. The Morgan fingerprint density at radius 3 is 2.73 bits per heavy atom. The number of carbonyl (C=O) groups is 1. The molecule has 3 aromatic heterocycles. The number of anilines is 1. The fourth-order valence-electron chi connectivity index (χ4n) is 3.29. The number of aromatic nitrogens is 4. The van der Waals surface area contributed by atoms with Gasteiger partial charge in [-0.3, -0.25) is 19.4 Å². The van der Waals surface area contributed by atoms with E-state index in [4.69, 9.17) is 9.72 Å². The first-order valence-electron chi connectivity index (χ1n) is 9.69. The molecule has 0 radical (unpaired) electrons. The van der Waals surface area contributed by atoms with Crippen molar-refractivity contribution >= 4 is 32.6 Å². The molecular formula is C22H23N5O2S. The highest BCUT2D eigenvalue weighted by molar-refractivity contribution is 7.22. The molecule has 0 bridgehead atoms. The number of benzene rings is 1. The number of hydrogen-bond donors (Lipinski definition) is 0. The maximum atomic E-state index is 13.6. The Morgan fingerprint density at radius 1 is 1.20 bits per heavy atom. The number of nitrogens with zero attached hydrogens (tertiary/aromatic N) is 5. The molecule has 0 atom stereocenters. The summed E-state index contributed by atoms with van der Waals surface area (Å²) in [6, 6.07) is 11.4. The van der Waals surface area contributed by atoms with Crippen LogP contribution in [0.4, 0.5) is 5.13 Å². The molecule has 8 heteroatoms. The van der Waals surface area contributed by atoms with Gasteiger partial charge in [0.15, 0.2) is 5.13 Å². The topological polar surface area (TPSA) is 73.1 Å². The molecule has 154 valence electrons. The van der Waals surface area contributed by atoms with E-state index in [0.29, 0.717) is 23.1 Å². The number of hydrogen-bond acceptors (Lipinski definition) is 6. The van der Waals surface area contributed by atoms with Crippen LogP contribution in [0, 0.1) is 6.92 Å². The summed E-state index contributed by atoms with van der Waals surface area (Å²) in [5.41, 5.74) is 3.15. The molecule has 3 heterocycles. The Balaban J connectivity index is 1.83. The molecule has 0 fully saturated rings. The highest BCUT2D eigenvalue weighted by Gasteiger charge is 2.26. The number of methoxy groups -OCH3 is 1. The van der Waals surface area contributed by atoms with E-state index in [-0.39, 0.29) is 11.9 Å². The Labute approximate surface area is 179 Å². The lowest BCUT2D eigenvalue weighted by molar-refractivity contribution is 0.0972. The molecule has 0 aliphatic carbocycles. The number of ether oxygens (including phenoxy) is 1. The molecule has 0 saturated carbocycles. The van der Waals surface area contributed by atoms with E-state index in [1.807, 2.05) is 51.1 Å². The third-order valence-corrected chi connectivity index (χ3v) is 6.03. The predicted molar refractivity (Wildman–Crippen MR) is 118 cm³/mol. The van der Waals surface area contributed by atoms with Crippen molar-refractivity contribution < 1.29 is 9.53 Å². The van der Waals surface area contributed by atoms with Crippen LogP contribution in [-0.2, 0) is 6.54 Å². The molecule has 0 aliphatic heterocycles. The second-order valence-electron chi connectivity index (χ2n) is 7.23. The zero-order valence-electron chi connectivity index (χ0n) is 17.4. The number of pyridine rings is 1. The number of carbonyl (C=O) groups excluding carboxylic acids is 1. The van der Waals surface area contributed by atoms with Crippen molar-refractivity contribution in [3.63, 3.8) is 0 Å².